The van der Waals surface area contributed by atoms with Crippen LogP contribution in [-0.2, 0) is 15.0 Å². The van der Waals surface area contributed by atoms with Crippen molar-refractivity contribution in [2.75, 3.05) is 13.1 Å². The smallest absolute Gasteiger partial charge is 0.277 e. The zero-order valence-corrected chi connectivity index (χ0v) is 8.39. The Labute approximate surface area is 77.3 Å². The van der Waals surface area contributed by atoms with Crippen molar-refractivity contribution < 1.29 is 13.2 Å². The summed E-state index contributed by atoms with van der Waals surface area (Å²) < 4.78 is 22.7. The van der Waals surface area contributed by atoms with E-state index < -0.39 is 15.7 Å². The Kier molecular flexibility index (Phi) is 2.35. The molecule has 1 fully saturated rings. The number of nitrogens with one attached hydrogen (secondary N) is 1. The van der Waals surface area contributed by atoms with Gasteiger partial charge in [-0.1, -0.05) is 0 Å². The molecular formula is C6H13N3O3S. The number of nitrogens with two attached hydrogens (primary N) is 1. The van der Waals surface area contributed by atoms with Crippen LogP contribution in [0.1, 0.15) is 13.8 Å². The standard InChI is InChI=1S/C6H13N3O3S/c1-5(10)8-6(2)3-9(4-6)13(7,11)12/h3-4H2,1-2H3,(H,8,10)(H2,7,11,12). The molecule has 0 atom stereocenters. The fraction of sp³-hybridized carbons (Fsp3) is 0.833. The van der Waals surface area contributed by atoms with Crippen LogP contribution >= 0.6 is 0 Å². The predicted molar refractivity (Wildman–Crippen MR) is 46.9 cm³/mol. The maximum atomic E-state index is 10.8. The Morgan fingerprint density at radius 2 is 2.00 bits per heavy atom. The van der Waals surface area contributed by atoms with Gasteiger partial charge in [0.25, 0.3) is 10.2 Å². The lowest BCUT2D eigenvalue weighted by Gasteiger charge is -2.46. The number of nitrogens with zero attached hydrogens (tertiary/aromatic N) is 1. The minimum absolute atomic E-state index is 0.170. The van der Waals surface area contributed by atoms with Gasteiger partial charge in [0.05, 0.1) is 5.54 Å². The lowest BCUT2D eigenvalue weighted by atomic mass is 9.95. The molecule has 6 nitrogen and oxygen atoms in total. The molecule has 0 unspecified atom stereocenters. The Hall–Kier alpha value is -0.660. The third kappa shape index (κ3) is 2.39. The predicted octanol–water partition coefficient (Wildman–Crippen LogP) is -1.60. The Balaban J connectivity index is 2.53. The lowest BCUT2D eigenvalue weighted by molar-refractivity contribution is -0.122. The van der Waals surface area contributed by atoms with Crippen LogP contribution in [0.2, 0.25) is 0 Å². The summed E-state index contributed by atoms with van der Waals surface area (Å²) in [5.74, 6) is -0.170. The maximum absolute atomic E-state index is 10.8. The van der Waals surface area contributed by atoms with Gasteiger partial charge in [-0.15, -0.1) is 0 Å². The summed E-state index contributed by atoms with van der Waals surface area (Å²) in [6.45, 7) is 3.65. The first kappa shape index (κ1) is 10.4. The molecule has 3 N–H and O–H groups in total. The molecule has 7 heteroatoms. The van der Waals surface area contributed by atoms with Gasteiger partial charge < -0.3 is 5.32 Å². The average molecular weight is 207 g/mol. The maximum Gasteiger partial charge on any atom is 0.277 e. The van der Waals surface area contributed by atoms with E-state index in [9.17, 15) is 13.2 Å². The van der Waals surface area contributed by atoms with Crippen LogP contribution < -0.4 is 10.5 Å². The molecule has 0 aromatic rings. The first-order chi connectivity index (χ1) is 5.73. The van der Waals surface area contributed by atoms with E-state index in [0.29, 0.717) is 0 Å². The molecule has 0 aromatic heterocycles. The van der Waals surface area contributed by atoms with E-state index in [1.807, 2.05) is 0 Å². The average Bonchev–Trinajstić information content (AvgIpc) is 1.78. The number of amides is 1. The summed E-state index contributed by atoms with van der Waals surface area (Å²) in [6, 6.07) is 0. The highest BCUT2D eigenvalue weighted by Gasteiger charge is 2.44. The molecule has 0 radical (unpaired) electrons. The summed E-state index contributed by atoms with van der Waals surface area (Å²) in [7, 11) is -3.59. The second kappa shape index (κ2) is 2.93. The lowest BCUT2D eigenvalue weighted by Crippen LogP contribution is -2.70. The first-order valence-corrected chi connectivity index (χ1v) is 5.30. The number of hydrogen-bond acceptors (Lipinski definition) is 3. The molecule has 0 aliphatic carbocycles. The summed E-state index contributed by atoms with van der Waals surface area (Å²) in [5.41, 5.74) is -0.460. The second-order valence-electron chi connectivity index (χ2n) is 3.55. The summed E-state index contributed by atoms with van der Waals surface area (Å²) >= 11 is 0. The zero-order valence-electron chi connectivity index (χ0n) is 7.57. The van der Waals surface area contributed by atoms with Crippen molar-refractivity contribution in [1.29, 1.82) is 0 Å². The molecule has 0 aromatic carbocycles. The van der Waals surface area contributed by atoms with Crippen LogP contribution in [0.5, 0.6) is 0 Å². The van der Waals surface area contributed by atoms with Gasteiger partial charge in [0.15, 0.2) is 0 Å². The highest BCUT2D eigenvalue weighted by atomic mass is 32.2. The fourth-order valence-corrected chi connectivity index (χ4v) is 2.35. The topological polar surface area (TPSA) is 92.5 Å². The van der Waals surface area contributed by atoms with Gasteiger partial charge in [-0.3, -0.25) is 4.79 Å². The third-order valence-corrected chi connectivity index (χ3v) is 2.87. The molecule has 1 amide bonds. The van der Waals surface area contributed by atoms with Crippen LogP contribution in [0, 0.1) is 0 Å². The van der Waals surface area contributed by atoms with Gasteiger partial charge >= 0.3 is 0 Å². The summed E-state index contributed by atoms with van der Waals surface area (Å²) in [4.78, 5) is 10.7. The van der Waals surface area contributed by atoms with Crippen molar-refractivity contribution >= 4 is 16.1 Å². The van der Waals surface area contributed by atoms with Crippen LogP contribution in [0.3, 0.4) is 0 Å². The van der Waals surface area contributed by atoms with Crippen molar-refractivity contribution in [3.05, 3.63) is 0 Å². The Bertz CT molecular complexity index is 318. The molecule has 1 saturated heterocycles. The van der Waals surface area contributed by atoms with Crippen LogP contribution in [0.4, 0.5) is 0 Å². The van der Waals surface area contributed by atoms with Crippen LogP contribution in [0.25, 0.3) is 0 Å². The third-order valence-electron chi connectivity index (χ3n) is 1.89. The number of rotatable bonds is 2. The van der Waals surface area contributed by atoms with E-state index >= 15 is 0 Å². The van der Waals surface area contributed by atoms with Crippen molar-refractivity contribution in [1.82, 2.24) is 9.62 Å². The van der Waals surface area contributed by atoms with Crippen LogP contribution in [-0.4, -0.2) is 37.3 Å². The van der Waals surface area contributed by atoms with Crippen molar-refractivity contribution in [2.45, 2.75) is 19.4 Å². The number of hydrogen-bond donors (Lipinski definition) is 2. The van der Waals surface area contributed by atoms with E-state index in [2.05, 4.69) is 5.32 Å². The van der Waals surface area contributed by atoms with Gasteiger partial charge in [0, 0.05) is 20.0 Å². The van der Waals surface area contributed by atoms with Crippen molar-refractivity contribution in [2.24, 2.45) is 5.14 Å². The van der Waals surface area contributed by atoms with E-state index in [0.717, 1.165) is 4.31 Å². The van der Waals surface area contributed by atoms with E-state index in [-0.39, 0.29) is 19.0 Å². The Morgan fingerprint density at radius 1 is 1.54 bits per heavy atom. The molecule has 76 valence electrons. The Morgan fingerprint density at radius 3 is 2.31 bits per heavy atom. The number of carbonyl (C=O) groups is 1. The molecule has 0 saturated carbocycles. The normalized spacial score (nSPS) is 22.1. The van der Waals surface area contributed by atoms with Gasteiger partial charge in [0.1, 0.15) is 0 Å². The molecule has 1 heterocycles. The summed E-state index contributed by atoms with van der Waals surface area (Å²) in [5, 5.41) is 7.54. The molecule has 0 bridgehead atoms. The molecular weight excluding hydrogens is 194 g/mol. The van der Waals surface area contributed by atoms with Gasteiger partial charge in [0.2, 0.25) is 5.91 Å². The largest absolute Gasteiger partial charge is 0.349 e. The van der Waals surface area contributed by atoms with E-state index in [4.69, 9.17) is 5.14 Å². The van der Waals surface area contributed by atoms with Crippen LogP contribution in [0.15, 0.2) is 0 Å². The number of carbonyl (C=O) groups excluding carboxylic acids is 1. The van der Waals surface area contributed by atoms with Gasteiger partial charge in [-0.25, -0.2) is 5.14 Å². The highest BCUT2D eigenvalue weighted by Crippen LogP contribution is 2.21. The molecule has 1 rings (SSSR count). The second-order valence-corrected chi connectivity index (χ2v) is 5.10. The molecule has 1 aliphatic heterocycles. The fourth-order valence-electron chi connectivity index (χ4n) is 1.42. The molecule has 1 aliphatic rings. The molecule has 0 spiro atoms. The van der Waals surface area contributed by atoms with Gasteiger partial charge in [-0.05, 0) is 6.92 Å². The van der Waals surface area contributed by atoms with E-state index in [1.165, 1.54) is 6.92 Å². The van der Waals surface area contributed by atoms with Gasteiger partial charge in [-0.2, -0.15) is 12.7 Å². The summed E-state index contributed by atoms with van der Waals surface area (Å²) in [6.07, 6.45) is 0. The first-order valence-electron chi connectivity index (χ1n) is 3.80. The van der Waals surface area contributed by atoms with E-state index in [1.54, 1.807) is 6.92 Å². The quantitative estimate of drug-likeness (QED) is 0.571. The van der Waals surface area contributed by atoms with Crippen molar-refractivity contribution in [3.8, 4) is 0 Å². The zero-order chi connectivity index (χ0) is 10.3. The van der Waals surface area contributed by atoms with Crippen molar-refractivity contribution in [3.63, 3.8) is 0 Å². The monoisotopic (exact) mass is 207 g/mol. The highest BCUT2D eigenvalue weighted by molar-refractivity contribution is 7.86. The minimum atomic E-state index is -3.59. The minimum Gasteiger partial charge on any atom is -0.349 e. The molecule has 13 heavy (non-hydrogen) atoms. The SMILES string of the molecule is CC(=O)NC1(C)CN(S(N)(=O)=O)C1.